The third kappa shape index (κ3) is 6.86. The Balaban J connectivity index is 1.41. The Labute approximate surface area is 288 Å². The highest BCUT2D eigenvalue weighted by molar-refractivity contribution is 6.39. The molecular weight excluding hydrogens is 646 g/mol. The maximum Gasteiger partial charge on any atom is 0.287 e. The second kappa shape index (κ2) is 13.9. The second-order valence-corrected chi connectivity index (χ2v) is 14.4. The van der Waals surface area contributed by atoms with Crippen LogP contribution < -0.4 is 16.8 Å². The normalized spacial score (nSPS) is 21.9. The lowest BCUT2D eigenvalue weighted by Gasteiger charge is -2.37. The van der Waals surface area contributed by atoms with E-state index in [4.69, 9.17) is 16.2 Å². The molecule has 0 unspecified atom stereocenters. The van der Waals surface area contributed by atoms with E-state index < -0.39 is 52.8 Å². The number of nitrogens with two attached hydrogens (primary N) is 2. The van der Waals surface area contributed by atoms with Crippen LogP contribution in [0.3, 0.4) is 0 Å². The van der Waals surface area contributed by atoms with Crippen molar-refractivity contribution in [3.8, 4) is 0 Å². The summed E-state index contributed by atoms with van der Waals surface area (Å²) >= 11 is 0. The fraction of sp³-hybridized carbons (Fsp3) is 0.588. The summed E-state index contributed by atoms with van der Waals surface area (Å²) in [6.45, 7) is 3.49. The summed E-state index contributed by atoms with van der Waals surface area (Å²) in [5, 5.41) is 27.3. The lowest BCUT2D eigenvalue weighted by atomic mass is 9.84. The van der Waals surface area contributed by atoms with Crippen LogP contribution in [0.15, 0.2) is 30.6 Å². The Morgan fingerprint density at radius 3 is 2.46 bits per heavy atom. The summed E-state index contributed by atoms with van der Waals surface area (Å²) in [6, 6.07) is 2.46. The van der Waals surface area contributed by atoms with E-state index >= 15 is 4.79 Å². The maximum absolute atomic E-state index is 15.0. The van der Waals surface area contributed by atoms with Crippen LogP contribution in [0.4, 0.5) is 0 Å². The van der Waals surface area contributed by atoms with Crippen LogP contribution in [0.1, 0.15) is 99.8 Å². The van der Waals surface area contributed by atoms with E-state index in [2.05, 4.69) is 20.7 Å². The number of likely N-dealkylation sites (tertiary alicyclic amines) is 1. The van der Waals surface area contributed by atoms with Crippen LogP contribution in [0.2, 0.25) is 0 Å². The van der Waals surface area contributed by atoms with Gasteiger partial charge in [0.2, 0.25) is 23.5 Å². The van der Waals surface area contributed by atoms with Gasteiger partial charge in [0.1, 0.15) is 23.2 Å². The Kier molecular flexibility index (Phi) is 9.77. The van der Waals surface area contributed by atoms with Crippen molar-refractivity contribution in [1.29, 1.82) is 0 Å². The number of rotatable bonds is 11. The Morgan fingerprint density at radius 1 is 1.08 bits per heavy atom. The number of ketones is 1. The van der Waals surface area contributed by atoms with Gasteiger partial charge in [-0.05, 0) is 38.3 Å². The zero-order valence-corrected chi connectivity index (χ0v) is 28.4. The molecule has 16 heteroatoms. The number of aliphatic hydroxyl groups is 1. The van der Waals surface area contributed by atoms with Crippen LogP contribution in [-0.4, -0.2) is 95.5 Å². The zero-order chi connectivity index (χ0) is 35.8. The Bertz CT molecular complexity index is 1780. The maximum atomic E-state index is 15.0. The molecule has 6 rings (SSSR count). The standard InChI is InChI=1S/C34H45N9O7/c1-33(2,49)27-18-37-40-42(27)23-16-25(31(47)39-34(28(44)30(36)46)10-12-50-13-11-34)41(19-23)32(48)26(14-20-6-4-3-5-7-20)43-24-15-21(29(35)45)8-9-22(24)17-38-43/h8-9,15,17-18,20,23,25-26,49H,3-7,10-14,16,19H2,1-2H3,(H2,35,45)(H2,36,46)(H,39,47)/t23-,25-,26+/m0/s1. The van der Waals surface area contributed by atoms with Gasteiger partial charge in [-0.2, -0.15) is 5.10 Å². The average molecular weight is 692 g/mol. The SMILES string of the molecule is CC(C)(O)c1cnnn1[C@H]1C[C@@H](C(=O)NC2(C(=O)C(N)=O)CCOCC2)N(C(=O)[C@@H](CC2CCCCC2)n2ncc3ccc(C(N)=O)cc32)C1. The minimum Gasteiger partial charge on any atom is -0.384 e. The molecule has 1 aromatic carbocycles. The van der Waals surface area contributed by atoms with Gasteiger partial charge in [0.05, 0.1) is 29.6 Å². The molecule has 3 fully saturated rings. The quantitative estimate of drug-likeness (QED) is 0.209. The number of ether oxygens (including phenoxy) is 1. The molecule has 0 radical (unpaired) electrons. The molecule has 0 spiro atoms. The summed E-state index contributed by atoms with van der Waals surface area (Å²) in [5.41, 5.74) is 9.37. The van der Waals surface area contributed by atoms with Gasteiger partial charge in [-0.1, -0.05) is 43.4 Å². The molecule has 3 atom stereocenters. The first-order chi connectivity index (χ1) is 23.8. The smallest absolute Gasteiger partial charge is 0.287 e. The fourth-order valence-corrected chi connectivity index (χ4v) is 7.79. The van der Waals surface area contributed by atoms with Crippen LogP contribution in [0, 0.1) is 5.92 Å². The fourth-order valence-electron chi connectivity index (χ4n) is 7.79. The van der Waals surface area contributed by atoms with Gasteiger partial charge >= 0.3 is 0 Å². The molecule has 1 saturated carbocycles. The van der Waals surface area contributed by atoms with Gasteiger partial charge < -0.3 is 31.5 Å². The van der Waals surface area contributed by atoms with Crippen LogP contribution in [0.5, 0.6) is 0 Å². The number of fused-ring (bicyclic) bond motifs is 1. The number of aromatic nitrogens is 5. The van der Waals surface area contributed by atoms with Gasteiger partial charge in [0.15, 0.2) is 0 Å². The predicted molar refractivity (Wildman–Crippen MR) is 178 cm³/mol. The number of hydrogen-bond acceptors (Lipinski definition) is 10. The molecule has 0 bridgehead atoms. The van der Waals surface area contributed by atoms with Crippen molar-refractivity contribution in [1.82, 2.24) is 35.0 Å². The van der Waals surface area contributed by atoms with E-state index in [1.54, 1.807) is 42.9 Å². The van der Waals surface area contributed by atoms with Crippen molar-refractivity contribution in [2.45, 2.75) is 101 Å². The van der Waals surface area contributed by atoms with Crippen molar-refractivity contribution in [3.05, 3.63) is 41.9 Å². The van der Waals surface area contributed by atoms with Gasteiger partial charge in [-0.25, -0.2) is 4.68 Å². The number of hydrogen-bond donors (Lipinski definition) is 4. The monoisotopic (exact) mass is 691 g/mol. The number of Topliss-reactive ketones (excluding diaryl/α,β-unsaturated/α-hetero) is 1. The van der Waals surface area contributed by atoms with E-state index in [0.717, 1.165) is 32.1 Å². The van der Waals surface area contributed by atoms with Gasteiger partial charge in [-0.3, -0.25) is 28.7 Å². The number of nitrogens with zero attached hydrogens (tertiary/aromatic N) is 6. The third-order valence-electron chi connectivity index (χ3n) is 10.5. The largest absolute Gasteiger partial charge is 0.384 e. The number of primary amides is 2. The highest BCUT2D eigenvalue weighted by Gasteiger charge is 2.49. The topological polar surface area (TPSA) is 231 Å². The molecule has 2 aliphatic heterocycles. The first-order valence-electron chi connectivity index (χ1n) is 17.2. The molecule has 50 heavy (non-hydrogen) atoms. The summed E-state index contributed by atoms with van der Waals surface area (Å²) < 4.78 is 8.59. The van der Waals surface area contributed by atoms with Crippen LogP contribution in [0.25, 0.3) is 10.9 Å². The lowest BCUT2D eigenvalue weighted by Crippen LogP contribution is -2.63. The summed E-state index contributed by atoms with van der Waals surface area (Å²) in [6.07, 6.45) is 8.79. The molecular formula is C34H45N9O7. The third-order valence-corrected chi connectivity index (χ3v) is 10.5. The molecule has 3 aliphatic rings. The minimum atomic E-state index is -1.58. The second-order valence-electron chi connectivity index (χ2n) is 14.4. The molecule has 4 heterocycles. The number of carbonyl (C=O) groups is 5. The Hall–Kier alpha value is -4.70. The van der Waals surface area contributed by atoms with Crippen LogP contribution in [-0.2, 0) is 29.5 Å². The van der Waals surface area contributed by atoms with Crippen molar-refractivity contribution in [2.75, 3.05) is 19.8 Å². The zero-order valence-electron chi connectivity index (χ0n) is 28.4. The predicted octanol–water partition coefficient (Wildman–Crippen LogP) is 1.03. The van der Waals surface area contributed by atoms with Gasteiger partial charge in [0, 0.05) is 50.0 Å². The molecule has 4 amide bonds. The summed E-state index contributed by atoms with van der Waals surface area (Å²) in [5.74, 6) is -3.49. The van der Waals surface area contributed by atoms with Crippen molar-refractivity contribution in [2.24, 2.45) is 17.4 Å². The first kappa shape index (κ1) is 35.1. The molecule has 2 aromatic heterocycles. The number of amides is 4. The Morgan fingerprint density at radius 2 is 1.80 bits per heavy atom. The molecule has 3 aromatic rings. The number of carbonyl (C=O) groups excluding carboxylic acids is 5. The van der Waals surface area contributed by atoms with Crippen molar-refractivity contribution < 1.29 is 33.8 Å². The van der Waals surface area contributed by atoms with E-state index in [0.29, 0.717) is 23.0 Å². The van der Waals surface area contributed by atoms with E-state index in [1.807, 2.05) is 0 Å². The molecule has 6 N–H and O–H groups in total. The highest BCUT2D eigenvalue weighted by Crippen LogP contribution is 2.37. The average Bonchev–Trinajstić information content (AvgIpc) is 3.85. The summed E-state index contributed by atoms with van der Waals surface area (Å²) in [7, 11) is 0. The molecule has 16 nitrogen and oxygen atoms in total. The van der Waals surface area contributed by atoms with Crippen LogP contribution >= 0.6 is 0 Å². The molecule has 2 saturated heterocycles. The highest BCUT2D eigenvalue weighted by atomic mass is 16.5. The van der Waals surface area contributed by atoms with E-state index in [9.17, 15) is 24.3 Å². The number of nitrogens with one attached hydrogen (secondary N) is 1. The van der Waals surface area contributed by atoms with E-state index in [1.165, 1.54) is 15.8 Å². The van der Waals surface area contributed by atoms with Gasteiger partial charge in [0.25, 0.3) is 5.91 Å². The first-order valence-corrected chi connectivity index (χ1v) is 17.2. The molecule has 1 aliphatic carbocycles. The van der Waals surface area contributed by atoms with Crippen molar-refractivity contribution >= 4 is 40.3 Å². The summed E-state index contributed by atoms with van der Waals surface area (Å²) in [4.78, 5) is 68.3. The number of benzene rings is 1. The van der Waals surface area contributed by atoms with Gasteiger partial charge in [-0.15, -0.1) is 5.10 Å². The minimum absolute atomic E-state index is 0.0378. The molecule has 268 valence electrons. The van der Waals surface area contributed by atoms with Crippen molar-refractivity contribution in [3.63, 3.8) is 0 Å². The van der Waals surface area contributed by atoms with E-state index in [-0.39, 0.29) is 56.4 Å². The lowest BCUT2D eigenvalue weighted by molar-refractivity contribution is -0.147.